The fourth-order valence-electron chi connectivity index (χ4n) is 2.79. The van der Waals surface area contributed by atoms with Crippen LogP contribution < -0.4 is 10.6 Å². The Balaban J connectivity index is 1.37. The molecule has 1 unspecified atom stereocenters. The molecular weight excluding hydrogens is 364 g/mol. The van der Waals surface area contributed by atoms with Crippen LogP contribution >= 0.6 is 0 Å². The third kappa shape index (κ3) is 6.76. The summed E-state index contributed by atoms with van der Waals surface area (Å²) in [6.45, 7) is 4.68. The summed E-state index contributed by atoms with van der Waals surface area (Å²) >= 11 is 0. The van der Waals surface area contributed by atoms with E-state index in [2.05, 4.69) is 39.7 Å². The number of guanidine groups is 1. The molecule has 6 nitrogen and oxygen atoms in total. The van der Waals surface area contributed by atoms with E-state index in [1.807, 2.05) is 48.5 Å². The molecule has 1 atom stereocenters. The summed E-state index contributed by atoms with van der Waals surface area (Å²) in [5.41, 5.74) is 2.20. The SMILES string of the molecule is CN=C(NCc1ncc(-c2ccccc2)o1)NCC(C)COCc1ccccc1. The number of nitrogens with one attached hydrogen (secondary N) is 2. The molecule has 0 aliphatic heterocycles. The summed E-state index contributed by atoms with van der Waals surface area (Å²) in [5, 5.41) is 6.55. The van der Waals surface area contributed by atoms with Crippen molar-refractivity contribution >= 4 is 5.96 Å². The Kier molecular flexibility index (Phi) is 7.83. The number of hydrogen-bond acceptors (Lipinski definition) is 4. The number of nitrogens with zero attached hydrogens (tertiary/aromatic N) is 2. The quantitative estimate of drug-likeness (QED) is 0.427. The van der Waals surface area contributed by atoms with Crippen molar-refractivity contribution < 1.29 is 9.15 Å². The summed E-state index contributed by atoms with van der Waals surface area (Å²) in [6, 6.07) is 20.1. The van der Waals surface area contributed by atoms with Gasteiger partial charge in [-0.15, -0.1) is 0 Å². The average Bonchev–Trinajstić information content (AvgIpc) is 3.24. The predicted octanol–water partition coefficient (Wildman–Crippen LogP) is 3.86. The highest BCUT2D eigenvalue weighted by atomic mass is 16.5. The Bertz CT molecular complexity index is 878. The number of aromatic nitrogens is 1. The van der Waals surface area contributed by atoms with Crippen molar-refractivity contribution in [2.75, 3.05) is 20.2 Å². The molecule has 152 valence electrons. The van der Waals surface area contributed by atoms with E-state index in [9.17, 15) is 0 Å². The van der Waals surface area contributed by atoms with Crippen molar-refractivity contribution in [2.45, 2.75) is 20.1 Å². The Morgan fingerprint density at radius 3 is 2.52 bits per heavy atom. The lowest BCUT2D eigenvalue weighted by Crippen LogP contribution is -2.39. The summed E-state index contributed by atoms with van der Waals surface area (Å²) < 4.78 is 11.6. The number of aliphatic imine (C=N–C) groups is 1. The predicted molar refractivity (Wildman–Crippen MR) is 115 cm³/mol. The van der Waals surface area contributed by atoms with Gasteiger partial charge in [-0.25, -0.2) is 4.98 Å². The molecule has 0 amide bonds. The molecule has 0 spiro atoms. The van der Waals surface area contributed by atoms with Gasteiger partial charge in [-0.05, 0) is 11.5 Å². The second kappa shape index (κ2) is 11.0. The summed E-state index contributed by atoms with van der Waals surface area (Å²) in [4.78, 5) is 8.58. The van der Waals surface area contributed by atoms with Crippen molar-refractivity contribution in [3.8, 4) is 11.3 Å². The van der Waals surface area contributed by atoms with Crippen LogP contribution in [0, 0.1) is 5.92 Å². The number of oxazole rings is 1. The third-order valence-electron chi connectivity index (χ3n) is 4.37. The highest BCUT2D eigenvalue weighted by Gasteiger charge is 2.08. The second-order valence-electron chi connectivity index (χ2n) is 6.90. The fraction of sp³-hybridized carbons (Fsp3) is 0.304. The minimum atomic E-state index is 0.351. The van der Waals surface area contributed by atoms with Crippen molar-refractivity contribution in [3.63, 3.8) is 0 Å². The van der Waals surface area contributed by atoms with E-state index in [1.54, 1.807) is 13.2 Å². The van der Waals surface area contributed by atoms with Crippen LogP contribution in [0.2, 0.25) is 0 Å². The molecule has 29 heavy (non-hydrogen) atoms. The summed E-state index contributed by atoms with van der Waals surface area (Å²) in [5.74, 6) is 2.43. The first-order chi connectivity index (χ1) is 14.2. The van der Waals surface area contributed by atoms with Gasteiger partial charge in [-0.1, -0.05) is 67.6 Å². The highest BCUT2D eigenvalue weighted by Crippen LogP contribution is 2.19. The Morgan fingerprint density at radius 1 is 1.07 bits per heavy atom. The van der Waals surface area contributed by atoms with Crippen LogP contribution in [0.4, 0.5) is 0 Å². The van der Waals surface area contributed by atoms with Gasteiger partial charge in [-0.2, -0.15) is 0 Å². The zero-order valence-electron chi connectivity index (χ0n) is 17.0. The standard InChI is InChI=1S/C23H28N4O2/c1-18(16-28-17-19-9-5-3-6-10-19)13-26-23(24-2)27-15-22-25-14-21(29-22)20-11-7-4-8-12-20/h3-12,14,18H,13,15-17H2,1-2H3,(H2,24,26,27). The molecule has 0 radical (unpaired) electrons. The highest BCUT2D eigenvalue weighted by molar-refractivity contribution is 5.79. The molecular formula is C23H28N4O2. The maximum atomic E-state index is 5.81. The normalized spacial score (nSPS) is 12.6. The van der Waals surface area contributed by atoms with Gasteiger partial charge in [0.2, 0.25) is 5.89 Å². The van der Waals surface area contributed by atoms with Crippen LogP contribution in [0.15, 0.2) is 76.3 Å². The lowest BCUT2D eigenvalue weighted by atomic mass is 10.2. The van der Waals surface area contributed by atoms with E-state index >= 15 is 0 Å². The Hall–Kier alpha value is -3.12. The van der Waals surface area contributed by atoms with Gasteiger partial charge in [0.1, 0.15) is 0 Å². The van der Waals surface area contributed by atoms with Gasteiger partial charge < -0.3 is 19.8 Å². The number of benzene rings is 2. The summed E-state index contributed by atoms with van der Waals surface area (Å²) in [6.07, 6.45) is 1.74. The van der Waals surface area contributed by atoms with Gasteiger partial charge in [0.25, 0.3) is 0 Å². The summed E-state index contributed by atoms with van der Waals surface area (Å²) in [7, 11) is 1.75. The molecule has 2 aromatic carbocycles. The van der Waals surface area contributed by atoms with Crippen LogP contribution in [-0.4, -0.2) is 31.1 Å². The Morgan fingerprint density at radius 2 is 1.79 bits per heavy atom. The van der Waals surface area contributed by atoms with Crippen LogP contribution in [0.3, 0.4) is 0 Å². The maximum Gasteiger partial charge on any atom is 0.214 e. The zero-order valence-corrected chi connectivity index (χ0v) is 17.0. The average molecular weight is 393 g/mol. The van der Waals surface area contributed by atoms with Crippen molar-refractivity contribution in [1.29, 1.82) is 0 Å². The van der Waals surface area contributed by atoms with Gasteiger partial charge in [0, 0.05) is 19.2 Å². The van der Waals surface area contributed by atoms with Gasteiger partial charge >= 0.3 is 0 Å². The molecule has 3 aromatic rings. The minimum Gasteiger partial charge on any atom is -0.439 e. The molecule has 0 aliphatic carbocycles. The maximum absolute atomic E-state index is 5.81. The second-order valence-corrected chi connectivity index (χ2v) is 6.90. The molecule has 0 bridgehead atoms. The number of hydrogen-bond donors (Lipinski definition) is 2. The Labute approximate surface area is 172 Å². The zero-order chi connectivity index (χ0) is 20.3. The van der Waals surface area contributed by atoms with E-state index in [4.69, 9.17) is 9.15 Å². The van der Waals surface area contributed by atoms with Crippen LogP contribution in [0.1, 0.15) is 18.4 Å². The lowest BCUT2D eigenvalue weighted by molar-refractivity contribution is 0.0931. The number of ether oxygens (including phenoxy) is 1. The smallest absolute Gasteiger partial charge is 0.214 e. The molecule has 2 N–H and O–H groups in total. The molecule has 0 saturated carbocycles. The van der Waals surface area contributed by atoms with Crippen LogP contribution in [0.25, 0.3) is 11.3 Å². The first-order valence-corrected chi connectivity index (χ1v) is 9.81. The monoisotopic (exact) mass is 392 g/mol. The molecule has 1 aromatic heterocycles. The van der Waals surface area contributed by atoms with Crippen molar-refractivity contribution in [1.82, 2.24) is 15.6 Å². The van der Waals surface area contributed by atoms with E-state index in [0.29, 0.717) is 37.5 Å². The first kappa shape index (κ1) is 20.6. The molecule has 3 rings (SSSR count). The first-order valence-electron chi connectivity index (χ1n) is 9.81. The van der Waals surface area contributed by atoms with Gasteiger partial charge in [-0.3, -0.25) is 4.99 Å². The van der Waals surface area contributed by atoms with E-state index < -0.39 is 0 Å². The van der Waals surface area contributed by atoms with Gasteiger partial charge in [0.05, 0.1) is 26.0 Å². The third-order valence-corrected chi connectivity index (χ3v) is 4.37. The van der Waals surface area contributed by atoms with E-state index in [1.165, 1.54) is 5.56 Å². The van der Waals surface area contributed by atoms with Crippen LogP contribution in [-0.2, 0) is 17.9 Å². The molecule has 0 aliphatic rings. The van der Waals surface area contributed by atoms with Crippen molar-refractivity contribution in [3.05, 3.63) is 78.3 Å². The largest absolute Gasteiger partial charge is 0.439 e. The molecule has 0 saturated heterocycles. The fourth-order valence-corrected chi connectivity index (χ4v) is 2.79. The molecule has 1 heterocycles. The lowest BCUT2D eigenvalue weighted by Gasteiger charge is -2.15. The van der Waals surface area contributed by atoms with Gasteiger partial charge in [0.15, 0.2) is 11.7 Å². The van der Waals surface area contributed by atoms with E-state index in [0.717, 1.165) is 17.9 Å². The van der Waals surface area contributed by atoms with E-state index in [-0.39, 0.29) is 0 Å². The molecule has 6 heteroatoms. The molecule has 0 fully saturated rings. The minimum absolute atomic E-state index is 0.351. The number of rotatable bonds is 9. The van der Waals surface area contributed by atoms with Crippen molar-refractivity contribution in [2.24, 2.45) is 10.9 Å². The topological polar surface area (TPSA) is 71.7 Å². The van der Waals surface area contributed by atoms with Crippen LogP contribution in [0.5, 0.6) is 0 Å².